The lowest BCUT2D eigenvalue weighted by atomic mass is 9.90. The number of amides is 1. The van der Waals surface area contributed by atoms with Crippen molar-refractivity contribution in [1.82, 2.24) is 10.3 Å². The summed E-state index contributed by atoms with van der Waals surface area (Å²) in [5.74, 6) is 2.29. The van der Waals surface area contributed by atoms with E-state index in [1.807, 2.05) is 49.5 Å². The lowest BCUT2D eigenvalue weighted by molar-refractivity contribution is 0.0952. The van der Waals surface area contributed by atoms with Gasteiger partial charge in [0.15, 0.2) is 23.0 Å². The van der Waals surface area contributed by atoms with Crippen LogP contribution < -0.4 is 24.3 Å². The molecule has 7 heteroatoms. The molecule has 2 N–H and O–H groups in total. The zero-order valence-corrected chi connectivity index (χ0v) is 19.1. The second-order valence-corrected chi connectivity index (χ2v) is 7.96. The molecule has 5 rings (SSSR count). The monoisotopic (exact) mass is 458 g/mol. The Hall–Kier alpha value is -4.13. The van der Waals surface area contributed by atoms with Gasteiger partial charge in [-0.2, -0.15) is 0 Å². The normalized spacial score (nSPS) is 13.0. The number of methoxy groups -OCH3 is 1. The van der Waals surface area contributed by atoms with E-state index in [-0.39, 0.29) is 18.6 Å². The predicted molar refractivity (Wildman–Crippen MR) is 129 cm³/mol. The van der Waals surface area contributed by atoms with Crippen LogP contribution in [0, 0.1) is 0 Å². The van der Waals surface area contributed by atoms with Crippen molar-refractivity contribution in [1.29, 1.82) is 0 Å². The van der Waals surface area contributed by atoms with Crippen molar-refractivity contribution in [2.45, 2.75) is 12.8 Å². The lowest BCUT2D eigenvalue weighted by Gasteiger charge is -2.20. The van der Waals surface area contributed by atoms with Crippen LogP contribution in [0.3, 0.4) is 0 Å². The minimum atomic E-state index is -0.180. The van der Waals surface area contributed by atoms with Gasteiger partial charge in [-0.05, 0) is 54.4 Å². The molecule has 0 aliphatic carbocycles. The van der Waals surface area contributed by atoms with Gasteiger partial charge in [0.25, 0.3) is 5.91 Å². The Kier molecular flexibility index (Phi) is 5.99. The van der Waals surface area contributed by atoms with Gasteiger partial charge in [-0.25, -0.2) is 0 Å². The van der Waals surface area contributed by atoms with Crippen LogP contribution in [0.25, 0.3) is 10.9 Å². The third-order valence-electron chi connectivity index (χ3n) is 5.99. The molecule has 1 amide bonds. The Bertz CT molecular complexity index is 1330. The summed E-state index contributed by atoms with van der Waals surface area (Å²) in [6, 6.07) is 19.3. The molecular weight excluding hydrogens is 432 g/mol. The molecule has 3 aromatic carbocycles. The number of carbonyl (C=O) groups is 1. The van der Waals surface area contributed by atoms with Crippen molar-refractivity contribution in [2.24, 2.45) is 0 Å². The van der Waals surface area contributed by atoms with Gasteiger partial charge in [0.2, 0.25) is 6.79 Å². The van der Waals surface area contributed by atoms with Crippen molar-refractivity contribution >= 4 is 16.8 Å². The van der Waals surface area contributed by atoms with E-state index in [9.17, 15) is 4.79 Å². The first-order valence-electron chi connectivity index (χ1n) is 11.2. The largest absolute Gasteiger partial charge is 0.493 e. The molecule has 4 aromatic rings. The highest BCUT2D eigenvalue weighted by Gasteiger charge is 2.22. The van der Waals surface area contributed by atoms with Crippen LogP contribution in [-0.2, 0) is 0 Å². The van der Waals surface area contributed by atoms with E-state index < -0.39 is 0 Å². The number of para-hydroxylation sites is 1. The molecule has 1 aromatic heterocycles. The third-order valence-corrected chi connectivity index (χ3v) is 5.99. The number of ether oxygens (including phenoxy) is 4. The third kappa shape index (κ3) is 4.12. The zero-order chi connectivity index (χ0) is 23.5. The molecule has 0 fully saturated rings. The minimum absolute atomic E-state index is 0.112. The van der Waals surface area contributed by atoms with Crippen molar-refractivity contribution in [3.05, 3.63) is 83.6 Å². The Labute approximate surface area is 197 Å². The molecule has 1 aliphatic rings. The van der Waals surface area contributed by atoms with Gasteiger partial charge in [0, 0.05) is 35.1 Å². The average molecular weight is 459 g/mol. The van der Waals surface area contributed by atoms with Gasteiger partial charge in [0.1, 0.15) is 0 Å². The van der Waals surface area contributed by atoms with Crippen molar-refractivity contribution in [3.63, 3.8) is 0 Å². The van der Waals surface area contributed by atoms with Crippen LogP contribution in [0.5, 0.6) is 23.0 Å². The maximum atomic E-state index is 13.0. The van der Waals surface area contributed by atoms with E-state index in [0.717, 1.165) is 22.0 Å². The van der Waals surface area contributed by atoms with Crippen LogP contribution >= 0.6 is 0 Å². The fraction of sp³-hybridized carbons (Fsp3) is 0.222. The fourth-order valence-corrected chi connectivity index (χ4v) is 4.30. The molecule has 0 radical (unpaired) electrons. The SMILES string of the molecule is CCOc1ccc([C@@H](CNC(=O)c2ccc3c(c2)OCO3)c2c[nH]c3ccccc23)cc1OC. The summed E-state index contributed by atoms with van der Waals surface area (Å²) < 4.78 is 22.0. The van der Waals surface area contributed by atoms with E-state index in [0.29, 0.717) is 41.7 Å². The molecule has 0 unspecified atom stereocenters. The van der Waals surface area contributed by atoms with Crippen molar-refractivity contribution in [2.75, 3.05) is 27.1 Å². The van der Waals surface area contributed by atoms with Crippen molar-refractivity contribution < 1.29 is 23.7 Å². The first-order chi connectivity index (χ1) is 16.7. The first-order valence-corrected chi connectivity index (χ1v) is 11.2. The fourth-order valence-electron chi connectivity index (χ4n) is 4.30. The molecule has 1 atom stereocenters. The van der Waals surface area contributed by atoms with E-state index >= 15 is 0 Å². The summed E-state index contributed by atoms with van der Waals surface area (Å²) in [6.07, 6.45) is 2.00. The standard InChI is InChI=1S/C27H26N2O5/c1-3-32-23-10-8-17(12-25(23)31-2)20(21-15-28-22-7-5-4-6-19(21)22)14-29-27(30)18-9-11-24-26(13-18)34-16-33-24/h4-13,15,20,28H,3,14,16H2,1-2H3,(H,29,30)/t20-/m1/s1. The molecule has 2 heterocycles. The van der Waals surface area contributed by atoms with E-state index in [2.05, 4.69) is 16.4 Å². The maximum absolute atomic E-state index is 13.0. The topological polar surface area (TPSA) is 81.8 Å². The Morgan fingerprint density at radius 3 is 2.76 bits per heavy atom. The number of hydrogen-bond acceptors (Lipinski definition) is 5. The number of hydrogen-bond donors (Lipinski definition) is 2. The van der Waals surface area contributed by atoms with Crippen LogP contribution in [0.4, 0.5) is 0 Å². The summed E-state index contributed by atoms with van der Waals surface area (Å²) in [4.78, 5) is 16.4. The molecule has 7 nitrogen and oxygen atoms in total. The number of nitrogens with one attached hydrogen (secondary N) is 2. The molecule has 174 valence electrons. The summed E-state index contributed by atoms with van der Waals surface area (Å²) in [6.45, 7) is 3.05. The van der Waals surface area contributed by atoms with E-state index in [4.69, 9.17) is 18.9 Å². The van der Waals surface area contributed by atoms with Crippen LogP contribution in [0.2, 0.25) is 0 Å². The summed E-state index contributed by atoms with van der Waals surface area (Å²) in [7, 11) is 1.63. The van der Waals surface area contributed by atoms with Gasteiger partial charge < -0.3 is 29.2 Å². The van der Waals surface area contributed by atoms with Gasteiger partial charge in [-0.15, -0.1) is 0 Å². The average Bonchev–Trinajstić information content (AvgIpc) is 3.52. The van der Waals surface area contributed by atoms with Gasteiger partial charge >= 0.3 is 0 Å². The second-order valence-electron chi connectivity index (χ2n) is 7.96. The first kappa shape index (κ1) is 21.7. The minimum Gasteiger partial charge on any atom is -0.493 e. The van der Waals surface area contributed by atoms with E-state index in [1.165, 1.54) is 0 Å². The number of aromatic nitrogens is 1. The second kappa shape index (κ2) is 9.39. The highest BCUT2D eigenvalue weighted by molar-refractivity contribution is 5.95. The number of fused-ring (bicyclic) bond motifs is 2. The zero-order valence-electron chi connectivity index (χ0n) is 19.1. The Morgan fingerprint density at radius 1 is 1.06 bits per heavy atom. The Balaban J connectivity index is 1.47. The summed E-state index contributed by atoms with van der Waals surface area (Å²) in [5.41, 5.74) is 3.66. The predicted octanol–water partition coefficient (Wildman–Crippen LogP) is 4.87. The number of rotatable bonds is 8. The summed E-state index contributed by atoms with van der Waals surface area (Å²) >= 11 is 0. The molecular formula is C27H26N2O5. The molecule has 0 saturated carbocycles. The highest BCUT2D eigenvalue weighted by atomic mass is 16.7. The molecule has 0 bridgehead atoms. The smallest absolute Gasteiger partial charge is 0.251 e. The van der Waals surface area contributed by atoms with Crippen molar-refractivity contribution in [3.8, 4) is 23.0 Å². The Morgan fingerprint density at radius 2 is 1.91 bits per heavy atom. The maximum Gasteiger partial charge on any atom is 0.251 e. The van der Waals surface area contributed by atoms with Gasteiger partial charge in [0.05, 0.1) is 13.7 Å². The molecule has 34 heavy (non-hydrogen) atoms. The summed E-state index contributed by atoms with van der Waals surface area (Å²) in [5, 5.41) is 4.21. The number of H-pyrrole nitrogens is 1. The molecule has 0 saturated heterocycles. The van der Waals surface area contributed by atoms with Crippen LogP contribution in [0.15, 0.2) is 66.9 Å². The van der Waals surface area contributed by atoms with Crippen LogP contribution in [-0.4, -0.2) is 37.9 Å². The van der Waals surface area contributed by atoms with Gasteiger partial charge in [-0.1, -0.05) is 24.3 Å². The van der Waals surface area contributed by atoms with Gasteiger partial charge in [-0.3, -0.25) is 4.79 Å². The van der Waals surface area contributed by atoms with Crippen LogP contribution in [0.1, 0.15) is 34.3 Å². The molecule has 1 aliphatic heterocycles. The quantitative estimate of drug-likeness (QED) is 0.394. The van der Waals surface area contributed by atoms with E-state index in [1.54, 1.807) is 25.3 Å². The molecule has 0 spiro atoms. The number of aromatic amines is 1. The number of benzene rings is 3. The number of carbonyl (C=O) groups excluding carboxylic acids is 1. The highest BCUT2D eigenvalue weighted by Crippen LogP contribution is 2.36. The lowest BCUT2D eigenvalue weighted by Crippen LogP contribution is -2.29.